The molecule has 1 saturated heterocycles. The number of aromatic amines is 1. The van der Waals surface area contributed by atoms with E-state index in [1.54, 1.807) is 0 Å². The van der Waals surface area contributed by atoms with E-state index >= 15 is 0 Å². The largest absolute Gasteiger partial charge is 0.368 e. The molecule has 0 aliphatic carbocycles. The van der Waals surface area contributed by atoms with Crippen molar-refractivity contribution < 1.29 is 0 Å². The van der Waals surface area contributed by atoms with E-state index in [1.807, 2.05) is 12.4 Å². The van der Waals surface area contributed by atoms with E-state index in [4.69, 9.17) is 5.73 Å². The summed E-state index contributed by atoms with van der Waals surface area (Å²) in [5.41, 5.74) is 8.20. The number of nitrogens with zero attached hydrogens (tertiary/aromatic N) is 2. The first-order chi connectivity index (χ1) is 8.25. The average molecular weight is 295 g/mol. The van der Waals surface area contributed by atoms with Gasteiger partial charge in [0.25, 0.3) is 0 Å². The maximum absolute atomic E-state index is 6.05. The average Bonchev–Trinajstić information content (AvgIpc) is 2.76. The molecule has 1 fully saturated rings. The predicted molar refractivity (Wildman–Crippen MR) is 73.2 cm³/mol. The van der Waals surface area contributed by atoms with Gasteiger partial charge >= 0.3 is 0 Å². The van der Waals surface area contributed by atoms with Crippen molar-refractivity contribution in [2.24, 2.45) is 5.73 Å². The Morgan fingerprint density at radius 1 is 1.53 bits per heavy atom. The lowest BCUT2D eigenvalue weighted by Gasteiger charge is -2.33. The zero-order chi connectivity index (χ0) is 11.8. The van der Waals surface area contributed by atoms with E-state index in [2.05, 4.69) is 36.9 Å². The molecule has 1 atom stereocenters. The normalized spacial score (nSPS) is 21.1. The van der Waals surface area contributed by atoms with Gasteiger partial charge < -0.3 is 15.6 Å². The van der Waals surface area contributed by atoms with Gasteiger partial charge in [-0.2, -0.15) is 0 Å². The maximum atomic E-state index is 6.05. The molecule has 5 heteroatoms. The second-order valence-electron chi connectivity index (χ2n) is 4.54. The number of nitrogens with one attached hydrogen (secondary N) is 1. The summed E-state index contributed by atoms with van der Waals surface area (Å²) in [6.45, 7) is 1.99. The van der Waals surface area contributed by atoms with E-state index in [0.717, 1.165) is 41.4 Å². The van der Waals surface area contributed by atoms with Crippen LogP contribution in [0.3, 0.4) is 0 Å². The molecule has 0 bridgehead atoms. The van der Waals surface area contributed by atoms with E-state index in [9.17, 15) is 0 Å². The van der Waals surface area contributed by atoms with Crippen LogP contribution in [0.4, 0.5) is 5.69 Å². The molecule has 3 N–H and O–H groups in total. The third kappa shape index (κ3) is 1.93. The van der Waals surface area contributed by atoms with E-state index in [0.29, 0.717) is 0 Å². The number of H-pyrrole nitrogens is 1. The third-order valence-electron chi connectivity index (χ3n) is 3.29. The molecular weight excluding hydrogens is 280 g/mol. The van der Waals surface area contributed by atoms with Gasteiger partial charge in [0.15, 0.2) is 0 Å². The maximum Gasteiger partial charge on any atom is 0.139 e. The smallest absolute Gasteiger partial charge is 0.139 e. The lowest BCUT2D eigenvalue weighted by Crippen LogP contribution is -2.43. The molecular formula is C12H15BrN4. The summed E-state index contributed by atoms with van der Waals surface area (Å²) in [7, 11) is 0. The number of hydrogen-bond donors (Lipinski definition) is 2. The topological polar surface area (TPSA) is 57.9 Å². The van der Waals surface area contributed by atoms with Crippen molar-refractivity contribution in [1.82, 2.24) is 9.97 Å². The minimum atomic E-state index is 0.276. The van der Waals surface area contributed by atoms with Gasteiger partial charge in [0.05, 0.1) is 10.2 Å². The van der Waals surface area contributed by atoms with Crippen molar-refractivity contribution in [3.8, 4) is 0 Å². The standard InChI is InChI=1S/C12H15BrN4/c13-10-6-16-12-9(3-4-15-12)11(10)17-5-1-2-8(14)7-17/h3-4,6,8H,1-2,5,7,14H2,(H,15,16)/t8-/m1/s1. The van der Waals surface area contributed by atoms with Gasteiger partial charge in [0.1, 0.15) is 5.65 Å². The fourth-order valence-corrected chi connectivity index (χ4v) is 3.07. The van der Waals surface area contributed by atoms with Gasteiger partial charge in [-0.05, 0) is 34.8 Å². The number of fused-ring (bicyclic) bond motifs is 1. The van der Waals surface area contributed by atoms with Gasteiger partial charge in [-0.3, -0.25) is 0 Å². The monoisotopic (exact) mass is 294 g/mol. The number of piperidine rings is 1. The first-order valence-electron chi connectivity index (χ1n) is 5.88. The molecule has 17 heavy (non-hydrogen) atoms. The van der Waals surface area contributed by atoms with Gasteiger partial charge in [-0.1, -0.05) is 0 Å². The highest BCUT2D eigenvalue weighted by molar-refractivity contribution is 9.10. The molecule has 0 amide bonds. The first-order valence-corrected chi connectivity index (χ1v) is 6.67. The van der Waals surface area contributed by atoms with Crippen molar-refractivity contribution in [2.45, 2.75) is 18.9 Å². The Morgan fingerprint density at radius 2 is 2.41 bits per heavy atom. The number of halogens is 1. The number of hydrogen-bond acceptors (Lipinski definition) is 3. The first kappa shape index (κ1) is 11.0. The Morgan fingerprint density at radius 3 is 3.24 bits per heavy atom. The Balaban J connectivity index is 2.08. The minimum absolute atomic E-state index is 0.276. The van der Waals surface area contributed by atoms with Crippen molar-refractivity contribution in [2.75, 3.05) is 18.0 Å². The molecule has 0 saturated carbocycles. The van der Waals surface area contributed by atoms with Crippen LogP contribution in [0.15, 0.2) is 22.9 Å². The van der Waals surface area contributed by atoms with Crippen LogP contribution in [-0.4, -0.2) is 29.1 Å². The minimum Gasteiger partial charge on any atom is -0.368 e. The Bertz CT molecular complexity index is 536. The summed E-state index contributed by atoms with van der Waals surface area (Å²) < 4.78 is 1.04. The highest BCUT2D eigenvalue weighted by atomic mass is 79.9. The lowest BCUT2D eigenvalue weighted by molar-refractivity contribution is 0.506. The summed E-state index contributed by atoms with van der Waals surface area (Å²) >= 11 is 3.60. The molecule has 0 spiro atoms. The van der Waals surface area contributed by atoms with Crippen LogP contribution in [0, 0.1) is 0 Å². The second kappa shape index (κ2) is 4.31. The van der Waals surface area contributed by atoms with Crippen molar-refractivity contribution in [3.63, 3.8) is 0 Å². The zero-order valence-corrected chi connectivity index (χ0v) is 11.1. The predicted octanol–water partition coefficient (Wildman–Crippen LogP) is 2.25. The zero-order valence-electron chi connectivity index (χ0n) is 9.49. The molecule has 0 radical (unpaired) electrons. The second-order valence-corrected chi connectivity index (χ2v) is 5.40. The van der Waals surface area contributed by atoms with Gasteiger partial charge in [0, 0.05) is 36.9 Å². The molecule has 0 aromatic carbocycles. The molecule has 1 aliphatic heterocycles. The van der Waals surface area contributed by atoms with Crippen LogP contribution in [0.1, 0.15) is 12.8 Å². The van der Waals surface area contributed by atoms with E-state index < -0.39 is 0 Å². The van der Waals surface area contributed by atoms with Gasteiger partial charge in [-0.15, -0.1) is 0 Å². The van der Waals surface area contributed by atoms with Crippen molar-refractivity contribution >= 4 is 32.7 Å². The van der Waals surface area contributed by atoms with Crippen molar-refractivity contribution in [3.05, 3.63) is 22.9 Å². The highest BCUT2D eigenvalue weighted by Gasteiger charge is 2.21. The van der Waals surface area contributed by atoms with Crippen LogP contribution >= 0.6 is 15.9 Å². The Labute approximate surface area is 108 Å². The molecule has 3 heterocycles. The molecule has 2 aromatic rings. The summed E-state index contributed by atoms with van der Waals surface area (Å²) in [4.78, 5) is 9.86. The number of aromatic nitrogens is 2. The van der Waals surface area contributed by atoms with Crippen LogP contribution in [0.25, 0.3) is 11.0 Å². The van der Waals surface area contributed by atoms with Crippen LogP contribution in [-0.2, 0) is 0 Å². The van der Waals surface area contributed by atoms with E-state index in [1.165, 1.54) is 5.69 Å². The molecule has 3 rings (SSSR count). The fourth-order valence-electron chi connectivity index (χ4n) is 2.50. The summed E-state index contributed by atoms with van der Waals surface area (Å²) in [5.74, 6) is 0. The number of rotatable bonds is 1. The molecule has 4 nitrogen and oxygen atoms in total. The van der Waals surface area contributed by atoms with Crippen LogP contribution in [0.5, 0.6) is 0 Å². The lowest BCUT2D eigenvalue weighted by atomic mass is 10.1. The van der Waals surface area contributed by atoms with Gasteiger partial charge in [-0.25, -0.2) is 4.98 Å². The Kier molecular flexibility index (Phi) is 2.80. The number of anilines is 1. The highest BCUT2D eigenvalue weighted by Crippen LogP contribution is 2.34. The SMILES string of the molecule is N[C@@H]1CCCN(c2c(Br)cnc3[nH]ccc23)C1. The molecule has 2 aromatic heterocycles. The number of pyridine rings is 1. The number of nitrogens with two attached hydrogens (primary N) is 1. The summed E-state index contributed by atoms with van der Waals surface area (Å²) in [6.07, 6.45) is 6.06. The molecule has 1 aliphatic rings. The van der Waals surface area contributed by atoms with Crippen molar-refractivity contribution in [1.29, 1.82) is 0 Å². The summed E-state index contributed by atoms with van der Waals surface area (Å²) in [5, 5.41) is 1.16. The van der Waals surface area contributed by atoms with Crippen LogP contribution < -0.4 is 10.6 Å². The van der Waals surface area contributed by atoms with Crippen LogP contribution in [0.2, 0.25) is 0 Å². The summed E-state index contributed by atoms with van der Waals surface area (Å²) in [6, 6.07) is 2.35. The van der Waals surface area contributed by atoms with E-state index in [-0.39, 0.29) is 6.04 Å². The quantitative estimate of drug-likeness (QED) is 0.848. The molecule has 90 valence electrons. The third-order valence-corrected chi connectivity index (χ3v) is 3.87. The van der Waals surface area contributed by atoms with Gasteiger partial charge in [0.2, 0.25) is 0 Å². The fraction of sp³-hybridized carbons (Fsp3) is 0.417. The Hall–Kier alpha value is -1.07. The molecule has 0 unspecified atom stereocenters.